The zero-order valence-electron chi connectivity index (χ0n) is 23.1. The third-order valence-corrected chi connectivity index (χ3v) is 7.64. The summed E-state index contributed by atoms with van der Waals surface area (Å²) in [6.07, 6.45) is 1.82. The lowest BCUT2D eigenvalue weighted by Gasteiger charge is -2.29. The number of benzene rings is 2. The SMILES string of the molecule is CC[N+](C)(C)CCCNc1ccc(NCCC[N+](C)(C)CC)c2c1C(=O)c1ccc(C(=O)O)cc1C2=O. The molecule has 8 nitrogen and oxygen atoms in total. The number of aromatic carboxylic acids is 1. The van der Waals surface area contributed by atoms with Gasteiger partial charge in [-0.25, -0.2) is 4.79 Å². The number of carboxylic acid groups (broad SMARTS) is 1. The minimum Gasteiger partial charge on any atom is -0.478 e. The number of nitrogens with one attached hydrogen (secondary N) is 2. The van der Waals surface area contributed by atoms with E-state index in [1.165, 1.54) is 18.2 Å². The van der Waals surface area contributed by atoms with Crippen LogP contribution in [0.1, 0.15) is 68.9 Å². The van der Waals surface area contributed by atoms with Crippen LogP contribution in [0.3, 0.4) is 0 Å². The van der Waals surface area contributed by atoms with Crippen molar-refractivity contribution in [1.29, 1.82) is 0 Å². The Hall–Kier alpha value is -3.23. The van der Waals surface area contributed by atoms with Crippen LogP contribution in [0.4, 0.5) is 11.4 Å². The van der Waals surface area contributed by atoms with E-state index in [4.69, 9.17) is 0 Å². The molecule has 2 aromatic rings. The quantitative estimate of drug-likeness (QED) is 0.238. The van der Waals surface area contributed by atoms with Crippen molar-refractivity contribution in [2.45, 2.75) is 26.7 Å². The van der Waals surface area contributed by atoms with Gasteiger partial charge in [0.1, 0.15) is 0 Å². The van der Waals surface area contributed by atoms with Gasteiger partial charge in [0.25, 0.3) is 0 Å². The molecule has 0 bridgehead atoms. The number of anilines is 2. The maximum atomic E-state index is 13.7. The van der Waals surface area contributed by atoms with Gasteiger partial charge in [0.2, 0.25) is 0 Å². The third kappa shape index (κ3) is 6.56. The Labute approximate surface area is 220 Å². The van der Waals surface area contributed by atoms with Gasteiger partial charge in [0, 0.05) is 48.4 Å². The van der Waals surface area contributed by atoms with Crippen molar-refractivity contribution < 1.29 is 28.5 Å². The van der Waals surface area contributed by atoms with Gasteiger partial charge in [-0.3, -0.25) is 9.59 Å². The van der Waals surface area contributed by atoms with E-state index in [-0.39, 0.29) is 28.3 Å². The summed E-state index contributed by atoms with van der Waals surface area (Å²) in [4.78, 5) is 38.9. The second kappa shape index (κ2) is 11.4. The first kappa shape index (κ1) is 28.3. The number of rotatable bonds is 13. The molecule has 0 amide bonds. The highest BCUT2D eigenvalue weighted by molar-refractivity contribution is 6.32. The van der Waals surface area contributed by atoms with Crippen LogP contribution < -0.4 is 10.6 Å². The molecule has 0 atom stereocenters. The van der Waals surface area contributed by atoms with Crippen LogP contribution in [0, 0.1) is 0 Å². The lowest BCUT2D eigenvalue weighted by molar-refractivity contribution is -0.888. The Morgan fingerprint density at radius 1 is 0.757 bits per heavy atom. The van der Waals surface area contributed by atoms with Crippen LogP contribution >= 0.6 is 0 Å². The average molecular weight is 511 g/mol. The highest BCUT2D eigenvalue weighted by Gasteiger charge is 2.34. The van der Waals surface area contributed by atoms with Gasteiger partial charge in [-0.15, -0.1) is 0 Å². The number of quaternary nitrogens is 2. The number of ketones is 2. The molecular weight excluding hydrogens is 468 g/mol. The van der Waals surface area contributed by atoms with E-state index >= 15 is 0 Å². The van der Waals surface area contributed by atoms with Crippen molar-refractivity contribution in [3.8, 4) is 0 Å². The summed E-state index contributed by atoms with van der Waals surface area (Å²) in [5.41, 5.74) is 2.30. The average Bonchev–Trinajstić information content (AvgIpc) is 2.87. The second-order valence-electron chi connectivity index (χ2n) is 11.1. The fourth-order valence-electron chi connectivity index (χ4n) is 4.48. The molecule has 2 aromatic carbocycles. The summed E-state index contributed by atoms with van der Waals surface area (Å²) in [5.74, 6) is -1.72. The van der Waals surface area contributed by atoms with Crippen molar-refractivity contribution in [2.24, 2.45) is 0 Å². The molecule has 0 fully saturated rings. The predicted molar refractivity (Wildman–Crippen MR) is 148 cm³/mol. The normalized spacial score (nSPS) is 13.2. The van der Waals surface area contributed by atoms with E-state index in [0.717, 1.165) is 48.0 Å². The Morgan fingerprint density at radius 2 is 1.22 bits per heavy atom. The molecule has 8 heteroatoms. The van der Waals surface area contributed by atoms with Crippen LogP contribution in [0.5, 0.6) is 0 Å². The number of carbonyl (C=O) groups excluding carboxylic acids is 2. The van der Waals surface area contributed by atoms with E-state index in [1.54, 1.807) is 0 Å². The Kier molecular flexibility index (Phi) is 8.76. The van der Waals surface area contributed by atoms with Gasteiger partial charge in [0.05, 0.1) is 71.1 Å². The molecule has 0 saturated heterocycles. The Balaban J connectivity index is 1.93. The van der Waals surface area contributed by atoms with Crippen molar-refractivity contribution >= 4 is 28.9 Å². The van der Waals surface area contributed by atoms with Gasteiger partial charge in [-0.05, 0) is 44.2 Å². The number of hydrogen-bond donors (Lipinski definition) is 3. The van der Waals surface area contributed by atoms with Crippen molar-refractivity contribution in [3.63, 3.8) is 0 Å². The summed E-state index contributed by atoms with van der Waals surface area (Å²) in [5, 5.41) is 16.2. The molecule has 0 spiro atoms. The molecular formula is C29H42N4O4+2. The van der Waals surface area contributed by atoms with E-state index in [9.17, 15) is 19.5 Å². The Bertz CT molecular complexity index is 1190. The molecule has 1 aliphatic rings. The Morgan fingerprint density at radius 3 is 1.65 bits per heavy atom. The highest BCUT2D eigenvalue weighted by atomic mass is 16.4. The molecule has 0 unspecified atom stereocenters. The minimum atomic E-state index is -1.13. The predicted octanol–water partition coefficient (Wildman–Crippen LogP) is 3.96. The number of carbonyl (C=O) groups is 3. The van der Waals surface area contributed by atoms with Gasteiger partial charge in [-0.2, -0.15) is 0 Å². The summed E-state index contributed by atoms with van der Waals surface area (Å²) in [7, 11) is 8.74. The van der Waals surface area contributed by atoms with E-state index in [0.29, 0.717) is 35.6 Å². The maximum Gasteiger partial charge on any atom is 0.335 e. The molecule has 0 radical (unpaired) electrons. The first-order valence-electron chi connectivity index (χ1n) is 13.2. The van der Waals surface area contributed by atoms with E-state index < -0.39 is 5.97 Å². The van der Waals surface area contributed by atoms with Crippen LogP contribution in [0.15, 0.2) is 30.3 Å². The highest BCUT2D eigenvalue weighted by Crippen LogP contribution is 2.37. The molecule has 3 N–H and O–H groups in total. The zero-order valence-corrected chi connectivity index (χ0v) is 23.1. The number of hydrogen-bond acceptors (Lipinski definition) is 5. The number of carboxylic acids is 1. The van der Waals surface area contributed by atoms with Crippen LogP contribution in [-0.4, -0.2) is 99.1 Å². The lowest BCUT2D eigenvalue weighted by Crippen LogP contribution is -2.40. The molecule has 3 rings (SSSR count). The minimum absolute atomic E-state index is 0.0108. The van der Waals surface area contributed by atoms with Crippen LogP contribution in [0.25, 0.3) is 0 Å². The van der Waals surface area contributed by atoms with Crippen molar-refractivity contribution in [1.82, 2.24) is 0 Å². The van der Waals surface area contributed by atoms with Crippen molar-refractivity contribution in [3.05, 3.63) is 58.1 Å². The lowest BCUT2D eigenvalue weighted by atomic mass is 9.81. The van der Waals surface area contributed by atoms with Crippen LogP contribution in [0.2, 0.25) is 0 Å². The molecule has 37 heavy (non-hydrogen) atoms. The summed E-state index contributed by atoms with van der Waals surface area (Å²) < 4.78 is 1.81. The smallest absolute Gasteiger partial charge is 0.335 e. The topological polar surface area (TPSA) is 95.5 Å². The summed E-state index contributed by atoms with van der Waals surface area (Å²) in [6.45, 7) is 9.69. The van der Waals surface area contributed by atoms with E-state index in [1.807, 2.05) is 12.1 Å². The monoisotopic (exact) mass is 510 g/mol. The third-order valence-electron chi connectivity index (χ3n) is 7.64. The molecule has 0 aliphatic heterocycles. The molecule has 0 saturated carbocycles. The van der Waals surface area contributed by atoms with Crippen LogP contribution in [-0.2, 0) is 0 Å². The molecule has 200 valence electrons. The molecule has 0 heterocycles. The number of fused-ring (bicyclic) bond motifs is 2. The summed E-state index contributed by atoms with van der Waals surface area (Å²) in [6, 6.07) is 7.87. The first-order chi connectivity index (χ1) is 17.4. The standard InChI is InChI=1S/C29H40N4O4/c1-7-32(3,4)17-9-15-30-23-13-14-24(31-16-10-18-33(5,6)8-2)26-25(23)27(34)21-12-11-20(29(36)37)19-22(21)28(26)35/h11-14,19H,7-10,15-18H2,1-6H3,(H-2,30,31,34,35,36,37)/p+2. The van der Waals surface area contributed by atoms with E-state index in [2.05, 4.69) is 52.7 Å². The van der Waals surface area contributed by atoms with Gasteiger partial charge >= 0.3 is 5.97 Å². The number of nitrogens with zero attached hydrogens (tertiary/aromatic N) is 2. The molecule has 1 aliphatic carbocycles. The second-order valence-corrected chi connectivity index (χ2v) is 11.1. The first-order valence-corrected chi connectivity index (χ1v) is 13.2. The zero-order chi connectivity index (χ0) is 27.4. The summed E-state index contributed by atoms with van der Waals surface area (Å²) >= 11 is 0. The van der Waals surface area contributed by atoms with Gasteiger partial charge < -0.3 is 24.7 Å². The van der Waals surface area contributed by atoms with Gasteiger partial charge in [-0.1, -0.05) is 0 Å². The fourth-order valence-corrected chi connectivity index (χ4v) is 4.48. The van der Waals surface area contributed by atoms with Crippen molar-refractivity contribution in [2.75, 3.05) is 78.1 Å². The molecule has 0 aromatic heterocycles. The maximum absolute atomic E-state index is 13.7. The fraction of sp³-hybridized carbons (Fsp3) is 0.483. The largest absolute Gasteiger partial charge is 0.478 e. The van der Waals surface area contributed by atoms with Gasteiger partial charge in [0.15, 0.2) is 11.6 Å².